The second kappa shape index (κ2) is 5.63. The molecule has 0 aromatic carbocycles. The summed E-state index contributed by atoms with van der Waals surface area (Å²) in [6.07, 6.45) is 9.10. The smallest absolute Gasteiger partial charge is 0.302 e. The van der Waals surface area contributed by atoms with E-state index in [-0.39, 0.29) is 5.97 Å². The summed E-state index contributed by atoms with van der Waals surface area (Å²) < 4.78 is 4.82. The zero-order valence-corrected chi connectivity index (χ0v) is 9.01. The highest BCUT2D eigenvalue weighted by molar-refractivity contribution is 5.66. The van der Waals surface area contributed by atoms with E-state index in [2.05, 4.69) is 13.0 Å². The van der Waals surface area contributed by atoms with Gasteiger partial charge in [-0.05, 0) is 38.7 Å². The fourth-order valence-electron chi connectivity index (χ4n) is 1.18. The number of allylic oxidation sites excluding steroid dienone is 3. The van der Waals surface area contributed by atoms with E-state index < -0.39 is 0 Å². The van der Waals surface area contributed by atoms with Crippen LogP contribution in [0.1, 0.15) is 39.5 Å². The van der Waals surface area contributed by atoms with Gasteiger partial charge in [0.1, 0.15) is 6.61 Å². The molecule has 0 N–H and O–H groups in total. The molecule has 0 bridgehead atoms. The second-order valence-electron chi connectivity index (χ2n) is 3.75. The Morgan fingerprint density at radius 3 is 2.71 bits per heavy atom. The van der Waals surface area contributed by atoms with E-state index in [0.29, 0.717) is 6.61 Å². The summed E-state index contributed by atoms with van der Waals surface area (Å²) >= 11 is 0. The van der Waals surface area contributed by atoms with Gasteiger partial charge in [0.15, 0.2) is 0 Å². The predicted octanol–water partition coefficient (Wildman–Crippen LogP) is 3.00. The normalized spacial score (nSPS) is 15.3. The highest BCUT2D eigenvalue weighted by Crippen LogP contribution is 2.28. The molecule has 0 aromatic rings. The van der Waals surface area contributed by atoms with E-state index in [1.54, 1.807) is 5.57 Å². The van der Waals surface area contributed by atoms with Crippen LogP contribution in [0, 0.1) is 0 Å². The van der Waals surface area contributed by atoms with Gasteiger partial charge < -0.3 is 4.74 Å². The Labute approximate surface area is 85.6 Å². The van der Waals surface area contributed by atoms with Crippen molar-refractivity contribution >= 4 is 5.97 Å². The Balaban J connectivity index is 2.09. The van der Waals surface area contributed by atoms with Crippen molar-refractivity contribution in [2.45, 2.75) is 39.5 Å². The third kappa shape index (κ3) is 5.57. The molecule has 2 heteroatoms. The number of ether oxygens (including phenoxy) is 1. The molecular weight excluding hydrogens is 176 g/mol. The third-order valence-corrected chi connectivity index (χ3v) is 2.23. The molecule has 2 nitrogen and oxygen atoms in total. The van der Waals surface area contributed by atoms with Gasteiger partial charge in [0.2, 0.25) is 0 Å². The van der Waals surface area contributed by atoms with Crippen molar-refractivity contribution in [1.29, 1.82) is 0 Å². The van der Waals surface area contributed by atoms with Crippen molar-refractivity contribution in [3.8, 4) is 0 Å². The molecule has 0 radical (unpaired) electrons. The second-order valence-corrected chi connectivity index (χ2v) is 3.75. The molecule has 1 rings (SSSR count). The molecule has 1 aliphatic carbocycles. The summed E-state index contributed by atoms with van der Waals surface area (Å²) in [5, 5.41) is 0. The molecule has 78 valence electrons. The van der Waals surface area contributed by atoms with Gasteiger partial charge in [0.25, 0.3) is 0 Å². The summed E-state index contributed by atoms with van der Waals surface area (Å²) in [6, 6.07) is 0. The maximum absolute atomic E-state index is 10.5. The van der Waals surface area contributed by atoms with Gasteiger partial charge in [0.05, 0.1) is 0 Å². The first-order valence-electron chi connectivity index (χ1n) is 5.15. The predicted molar refractivity (Wildman–Crippen MR) is 56.9 cm³/mol. The van der Waals surface area contributed by atoms with Crippen LogP contribution in [-0.2, 0) is 9.53 Å². The molecule has 0 spiro atoms. The van der Waals surface area contributed by atoms with Crippen molar-refractivity contribution in [2.24, 2.45) is 0 Å². The van der Waals surface area contributed by atoms with Gasteiger partial charge in [-0.3, -0.25) is 4.79 Å². The van der Waals surface area contributed by atoms with Crippen molar-refractivity contribution in [1.82, 2.24) is 0 Å². The summed E-state index contributed by atoms with van der Waals surface area (Å²) in [7, 11) is 0. The first kappa shape index (κ1) is 11.0. The minimum Gasteiger partial charge on any atom is -0.462 e. The zero-order chi connectivity index (χ0) is 10.4. The number of hydrogen-bond acceptors (Lipinski definition) is 2. The molecule has 0 saturated heterocycles. The lowest BCUT2D eigenvalue weighted by molar-refractivity contribution is -0.139. The SMILES string of the molecule is CC(=O)OC/C=C(\C)CCC=C1CC1. The molecule has 1 fully saturated rings. The Morgan fingerprint density at radius 1 is 1.43 bits per heavy atom. The van der Waals surface area contributed by atoms with E-state index in [1.807, 2.05) is 6.08 Å². The van der Waals surface area contributed by atoms with Gasteiger partial charge in [-0.25, -0.2) is 0 Å². The topological polar surface area (TPSA) is 26.3 Å². The fourth-order valence-corrected chi connectivity index (χ4v) is 1.18. The van der Waals surface area contributed by atoms with Crippen LogP contribution in [0.3, 0.4) is 0 Å². The van der Waals surface area contributed by atoms with E-state index in [4.69, 9.17) is 4.74 Å². The zero-order valence-electron chi connectivity index (χ0n) is 9.01. The summed E-state index contributed by atoms with van der Waals surface area (Å²) in [6.45, 7) is 3.92. The van der Waals surface area contributed by atoms with Crippen molar-refractivity contribution in [3.63, 3.8) is 0 Å². The van der Waals surface area contributed by atoms with Gasteiger partial charge in [-0.1, -0.05) is 17.2 Å². The summed E-state index contributed by atoms with van der Waals surface area (Å²) in [5.74, 6) is -0.214. The molecular formula is C12H18O2. The summed E-state index contributed by atoms with van der Waals surface area (Å²) in [5.41, 5.74) is 2.89. The Kier molecular flexibility index (Phi) is 4.44. The van der Waals surface area contributed by atoms with Crippen LogP contribution >= 0.6 is 0 Å². The molecule has 0 unspecified atom stereocenters. The quantitative estimate of drug-likeness (QED) is 0.496. The highest BCUT2D eigenvalue weighted by atomic mass is 16.5. The molecule has 1 aliphatic rings. The number of esters is 1. The molecule has 1 saturated carbocycles. The molecule has 0 aliphatic heterocycles. The van der Waals surface area contributed by atoms with E-state index in [1.165, 1.54) is 25.3 Å². The van der Waals surface area contributed by atoms with Crippen LogP contribution in [0.5, 0.6) is 0 Å². The Hall–Kier alpha value is -1.05. The van der Waals surface area contributed by atoms with Gasteiger partial charge >= 0.3 is 5.97 Å². The number of carbonyl (C=O) groups excluding carboxylic acids is 1. The largest absolute Gasteiger partial charge is 0.462 e. The van der Waals surface area contributed by atoms with E-state index in [9.17, 15) is 4.79 Å². The lowest BCUT2D eigenvalue weighted by Gasteiger charge is -1.99. The molecule has 0 atom stereocenters. The van der Waals surface area contributed by atoms with Crippen molar-refractivity contribution < 1.29 is 9.53 Å². The van der Waals surface area contributed by atoms with Gasteiger partial charge in [0, 0.05) is 6.92 Å². The summed E-state index contributed by atoms with van der Waals surface area (Å²) in [4.78, 5) is 10.5. The van der Waals surface area contributed by atoms with Crippen LogP contribution < -0.4 is 0 Å². The molecule has 0 aromatic heterocycles. The van der Waals surface area contributed by atoms with Crippen molar-refractivity contribution in [2.75, 3.05) is 6.61 Å². The third-order valence-electron chi connectivity index (χ3n) is 2.23. The molecule has 14 heavy (non-hydrogen) atoms. The van der Waals surface area contributed by atoms with Crippen LogP contribution in [-0.4, -0.2) is 12.6 Å². The van der Waals surface area contributed by atoms with Crippen LogP contribution in [0.2, 0.25) is 0 Å². The minimum absolute atomic E-state index is 0.214. The minimum atomic E-state index is -0.214. The monoisotopic (exact) mass is 194 g/mol. The number of carbonyl (C=O) groups is 1. The van der Waals surface area contributed by atoms with Crippen LogP contribution in [0.25, 0.3) is 0 Å². The van der Waals surface area contributed by atoms with E-state index in [0.717, 1.165) is 12.8 Å². The lowest BCUT2D eigenvalue weighted by atomic mass is 10.1. The lowest BCUT2D eigenvalue weighted by Crippen LogP contribution is -1.98. The average molecular weight is 194 g/mol. The van der Waals surface area contributed by atoms with Crippen LogP contribution in [0.15, 0.2) is 23.3 Å². The first-order chi connectivity index (χ1) is 6.68. The maximum atomic E-state index is 10.5. The van der Waals surface area contributed by atoms with Gasteiger partial charge in [-0.2, -0.15) is 0 Å². The molecule has 0 amide bonds. The Bertz CT molecular complexity index is 255. The standard InChI is InChI=1S/C12H18O2/c1-10(8-9-14-11(2)13)4-3-5-12-6-7-12/h5,8H,3-4,6-7,9H2,1-2H3/b10-8+. The average Bonchev–Trinajstić information content (AvgIpc) is 2.87. The van der Waals surface area contributed by atoms with Crippen molar-refractivity contribution in [3.05, 3.63) is 23.3 Å². The molecule has 0 heterocycles. The maximum Gasteiger partial charge on any atom is 0.302 e. The number of hydrogen-bond donors (Lipinski definition) is 0. The van der Waals surface area contributed by atoms with E-state index >= 15 is 0 Å². The number of rotatable bonds is 5. The first-order valence-corrected chi connectivity index (χ1v) is 5.15. The van der Waals surface area contributed by atoms with Crippen LogP contribution in [0.4, 0.5) is 0 Å². The Morgan fingerprint density at radius 2 is 2.14 bits per heavy atom. The van der Waals surface area contributed by atoms with Gasteiger partial charge in [-0.15, -0.1) is 0 Å². The fraction of sp³-hybridized carbons (Fsp3) is 0.583. The highest BCUT2D eigenvalue weighted by Gasteiger charge is 2.08.